The lowest BCUT2D eigenvalue weighted by molar-refractivity contribution is -0.145. The van der Waals surface area contributed by atoms with Crippen LogP contribution in [0, 0.1) is 0 Å². The van der Waals surface area contributed by atoms with Gasteiger partial charge in [0, 0.05) is 12.0 Å². The van der Waals surface area contributed by atoms with Crippen LogP contribution in [0.1, 0.15) is 24.0 Å². The topological polar surface area (TPSA) is 98.9 Å². The van der Waals surface area contributed by atoms with E-state index in [1.54, 1.807) is 0 Å². The molecule has 6 heteroatoms. The predicted molar refractivity (Wildman–Crippen MR) is 91.9 cm³/mol. The van der Waals surface area contributed by atoms with E-state index in [1.165, 1.54) is 0 Å². The Labute approximate surface area is 146 Å². The molecule has 2 rings (SSSR count). The molecule has 3 N–H and O–H groups in total. The summed E-state index contributed by atoms with van der Waals surface area (Å²) in [7, 11) is 0. The van der Waals surface area contributed by atoms with Gasteiger partial charge in [-0.15, -0.1) is 0 Å². The van der Waals surface area contributed by atoms with Crippen molar-refractivity contribution >= 4 is 11.9 Å². The molecule has 1 atom stereocenters. The zero-order valence-electron chi connectivity index (χ0n) is 13.8. The summed E-state index contributed by atoms with van der Waals surface area (Å²) in [6.45, 7) is 0.478. The Balaban J connectivity index is 1.85. The minimum absolute atomic E-state index is 0.0412. The summed E-state index contributed by atoms with van der Waals surface area (Å²) in [5.41, 5.74) is 7.15. The largest absolute Gasteiger partial charge is 0.488 e. The van der Waals surface area contributed by atoms with Crippen LogP contribution < -0.4 is 10.5 Å². The number of rotatable bonds is 9. The summed E-state index contributed by atoms with van der Waals surface area (Å²) >= 11 is 0. The van der Waals surface area contributed by atoms with Crippen LogP contribution in [0.3, 0.4) is 0 Å². The number of carboxylic acid groups (broad SMARTS) is 1. The number of benzene rings is 2. The molecule has 0 saturated heterocycles. The maximum absolute atomic E-state index is 11.7. The molecule has 0 heterocycles. The first-order valence-electron chi connectivity index (χ1n) is 7.95. The fourth-order valence-corrected chi connectivity index (χ4v) is 2.13. The third-order valence-electron chi connectivity index (χ3n) is 3.58. The molecule has 0 aliphatic carbocycles. The van der Waals surface area contributed by atoms with Crippen LogP contribution in [0.4, 0.5) is 0 Å². The van der Waals surface area contributed by atoms with Gasteiger partial charge >= 0.3 is 11.9 Å². The zero-order chi connectivity index (χ0) is 18.1. The molecule has 0 saturated carbocycles. The molecule has 0 aliphatic heterocycles. The minimum atomic E-state index is -1.13. The first kappa shape index (κ1) is 18.5. The summed E-state index contributed by atoms with van der Waals surface area (Å²) in [6.07, 6.45) is 0.000820. The van der Waals surface area contributed by atoms with Gasteiger partial charge < -0.3 is 20.3 Å². The lowest BCUT2D eigenvalue weighted by Crippen LogP contribution is -2.30. The third-order valence-corrected chi connectivity index (χ3v) is 3.58. The highest BCUT2D eigenvalue weighted by Gasteiger charge is 2.14. The van der Waals surface area contributed by atoms with Gasteiger partial charge in [-0.05, 0) is 18.1 Å². The summed E-state index contributed by atoms with van der Waals surface area (Å²) in [5, 5.41) is 8.70. The monoisotopic (exact) mass is 343 g/mol. The molecule has 0 fully saturated rings. The fourth-order valence-electron chi connectivity index (χ4n) is 2.13. The normalized spacial score (nSPS) is 11.6. The maximum Gasteiger partial charge on any atom is 0.320 e. The lowest BCUT2D eigenvalue weighted by Gasteiger charge is -2.12. The second-order valence-electron chi connectivity index (χ2n) is 5.53. The van der Waals surface area contributed by atoms with Crippen LogP contribution in [0.25, 0.3) is 0 Å². The van der Waals surface area contributed by atoms with Crippen molar-refractivity contribution in [1.82, 2.24) is 0 Å². The van der Waals surface area contributed by atoms with Gasteiger partial charge in [-0.2, -0.15) is 0 Å². The number of carboxylic acids is 1. The Kier molecular flexibility index (Phi) is 6.98. The molecule has 0 spiro atoms. The maximum atomic E-state index is 11.7. The second kappa shape index (κ2) is 9.44. The zero-order valence-corrected chi connectivity index (χ0v) is 13.8. The average Bonchev–Trinajstić information content (AvgIpc) is 2.64. The fraction of sp³-hybridized carbons (Fsp3) is 0.263. The molecular weight excluding hydrogens is 322 g/mol. The number of para-hydroxylation sites is 1. The minimum Gasteiger partial charge on any atom is -0.488 e. The second-order valence-corrected chi connectivity index (χ2v) is 5.53. The highest BCUT2D eigenvalue weighted by Crippen LogP contribution is 2.20. The number of nitrogens with two attached hydrogens (primary N) is 1. The van der Waals surface area contributed by atoms with E-state index < -0.39 is 18.0 Å². The Morgan fingerprint density at radius 1 is 1.00 bits per heavy atom. The smallest absolute Gasteiger partial charge is 0.320 e. The number of ether oxygens (including phenoxy) is 2. The van der Waals surface area contributed by atoms with E-state index in [2.05, 4.69) is 0 Å². The summed E-state index contributed by atoms with van der Waals surface area (Å²) in [5.74, 6) is -0.983. The van der Waals surface area contributed by atoms with E-state index in [4.69, 9.17) is 20.3 Å². The van der Waals surface area contributed by atoms with Gasteiger partial charge in [0.05, 0.1) is 0 Å². The van der Waals surface area contributed by atoms with E-state index >= 15 is 0 Å². The quantitative estimate of drug-likeness (QED) is 0.679. The lowest BCUT2D eigenvalue weighted by atomic mass is 10.2. The molecule has 6 nitrogen and oxygen atoms in total. The van der Waals surface area contributed by atoms with E-state index in [9.17, 15) is 9.59 Å². The highest BCUT2D eigenvalue weighted by atomic mass is 16.5. The Morgan fingerprint density at radius 3 is 2.40 bits per heavy atom. The number of esters is 1. The van der Waals surface area contributed by atoms with Crippen LogP contribution in [-0.4, -0.2) is 23.1 Å². The average molecular weight is 343 g/mol. The van der Waals surface area contributed by atoms with Gasteiger partial charge in [0.1, 0.15) is 25.0 Å². The van der Waals surface area contributed by atoms with Crippen molar-refractivity contribution in [1.29, 1.82) is 0 Å². The number of hydrogen-bond donors (Lipinski definition) is 2. The van der Waals surface area contributed by atoms with Crippen LogP contribution in [0.2, 0.25) is 0 Å². The molecule has 0 radical (unpaired) electrons. The van der Waals surface area contributed by atoms with E-state index in [0.717, 1.165) is 11.1 Å². The Morgan fingerprint density at radius 2 is 1.68 bits per heavy atom. The van der Waals surface area contributed by atoms with Crippen molar-refractivity contribution in [2.24, 2.45) is 5.73 Å². The van der Waals surface area contributed by atoms with Gasteiger partial charge in [-0.25, -0.2) is 0 Å². The first-order chi connectivity index (χ1) is 12.1. The van der Waals surface area contributed by atoms with Gasteiger partial charge in [-0.3, -0.25) is 9.59 Å². The molecular formula is C19H21NO5. The molecule has 25 heavy (non-hydrogen) atoms. The first-order valence-corrected chi connectivity index (χ1v) is 7.95. The molecule has 132 valence electrons. The van der Waals surface area contributed by atoms with Crippen LogP contribution in [0.15, 0.2) is 54.6 Å². The molecule has 0 bridgehead atoms. The highest BCUT2D eigenvalue weighted by molar-refractivity contribution is 5.75. The number of carbonyl (C=O) groups excluding carboxylic acids is 1. The van der Waals surface area contributed by atoms with Crippen LogP contribution in [-0.2, 0) is 27.5 Å². The van der Waals surface area contributed by atoms with Gasteiger partial charge in [-0.1, -0.05) is 48.5 Å². The van der Waals surface area contributed by atoms with Crippen molar-refractivity contribution in [3.8, 4) is 5.75 Å². The number of aliphatic carboxylic acids is 1. The van der Waals surface area contributed by atoms with Crippen LogP contribution >= 0.6 is 0 Å². The Bertz CT molecular complexity index is 702. The van der Waals surface area contributed by atoms with Gasteiger partial charge in [0.25, 0.3) is 0 Å². The third kappa shape index (κ3) is 6.27. The number of hydrogen-bond acceptors (Lipinski definition) is 5. The molecule has 0 aromatic heterocycles. The van der Waals surface area contributed by atoms with E-state index in [1.807, 2.05) is 54.6 Å². The SMILES string of the molecule is NC(CCC(=O)OCc1ccccc1OCc1ccccc1)C(=O)O. The summed E-state index contributed by atoms with van der Waals surface area (Å²) in [6, 6.07) is 16.0. The molecule has 1 unspecified atom stereocenters. The van der Waals surface area contributed by atoms with Gasteiger partial charge in [0.2, 0.25) is 0 Å². The van der Waals surface area contributed by atoms with Gasteiger partial charge in [0.15, 0.2) is 0 Å². The van der Waals surface area contributed by atoms with Crippen molar-refractivity contribution in [2.75, 3.05) is 0 Å². The van der Waals surface area contributed by atoms with E-state index in [0.29, 0.717) is 12.4 Å². The molecule has 2 aromatic carbocycles. The van der Waals surface area contributed by atoms with E-state index in [-0.39, 0.29) is 19.4 Å². The van der Waals surface area contributed by atoms with Crippen molar-refractivity contribution in [3.63, 3.8) is 0 Å². The van der Waals surface area contributed by atoms with Crippen molar-refractivity contribution in [2.45, 2.75) is 32.1 Å². The summed E-state index contributed by atoms with van der Waals surface area (Å²) < 4.78 is 11.0. The molecule has 0 aliphatic rings. The van der Waals surface area contributed by atoms with Crippen molar-refractivity contribution < 1.29 is 24.2 Å². The predicted octanol–water partition coefficient (Wildman–Crippen LogP) is 2.50. The number of carbonyl (C=O) groups is 2. The van der Waals surface area contributed by atoms with Crippen LogP contribution in [0.5, 0.6) is 5.75 Å². The summed E-state index contributed by atoms with van der Waals surface area (Å²) in [4.78, 5) is 22.4. The molecule has 0 amide bonds. The molecule has 2 aromatic rings. The standard InChI is InChI=1S/C19H21NO5/c20-16(19(22)23)10-11-18(21)25-13-15-8-4-5-9-17(15)24-12-14-6-2-1-3-7-14/h1-9,16H,10-13,20H2,(H,22,23). The Hall–Kier alpha value is -2.86. The van der Waals surface area contributed by atoms with Crippen molar-refractivity contribution in [3.05, 3.63) is 65.7 Å².